The molecule has 0 aliphatic rings. The maximum absolute atomic E-state index is 12.2. The molecule has 0 rings (SSSR count). The Kier molecular flexibility index (Phi) is 6.85. The number of hydrogen-bond donors (Lipinski definition) is 2. The van der Waals surface area contributed by atoms with Gasteiger partial charge in [0.05, 0.1) is 10.4 Å². The van der Waals surface area contributed by atoms with Crippen LogP contribution in [0.1, 0.15) is 33.6 Å². The molecule has 0 aromatic carbocycles. The molecule has 0 heterocycles. The van der Waals surface area contributed by atoms with Gasteiger partial charge in [-0.15, -0.1) is 0 Å². The van der Waals surface area contributed by atoms with E-state index in [0.717, 1.165) is 0 Å². The molecular formula is C11H22N2O2S2. The van der Waals surface area contributed by atoms with Crippen molar-refractivity contribution in [1.29, 1.82) is 0 Å². The molecule has 0 aliphatic carbocycles. The summed E-state index contributed by atoms with van der Waals surface area (Å²) in [5.41, 5.74) is 4.90. The summed E-state index contributed by atoms with van der Waals surface area (Å²) in [6.07, 6.45) is 2.77. The first-order valence-electron chi connectivity index (χ1n) is 5.71. The van der Waals surface area contributed by atoms with Crippen LogP contribution in [0.15, 0.2) is 0 Å². The van der Waals surface area contributed by atoms with Crippen molar-refractivity contribution >= 4 is 33.9 Å². The fourth-order valence-corrected chi connectivity index (χ4v) is 2.96. The zero-order valence-electron chi connectivity index (χ0n) is 10.9. The van der Waals surface area contributed by atoms with Crippen LogP contribution < -0.4 is 11.1 Å². The van der Waals surface area contributed by atoms with Crippen LogP contribution in [-0.2, 0) is 15.6 Å². The summed E-state index contributed by atoms with van der Waals surface area (Å²) in [7, 11) is -0.932. The van der Waals surface area contributed by atoms with Crippen LogP contribution in [0.2, 0.25) is 0 Å². The summed E-state index contributed by atoms with van der Waals surface area (Å²) >= 11 is 5.00. The second kappa shape index (κ2) is 7.06. The minimum atomic E-state index is -0.932. The quantitative estimate of drug-likeness (QED) is 0.681. The Balaban J connectivity index is 4.76. The molecule has 4 nitrogen and oxygen atoms in total. The van der Waals surface area contributed by atoms with Gasteiger partial charge in [0.2, 0.25) is 5.91 Å². The maximum Gasteiger partial charge on any atom is 0.233 e. The van der Waals surface area contributed by atoms with E-state index in [0.29, 0.717) is 18.6 Å². The van der Waals surface area contributed by atoms with E-state index in [1.54, 1.807) is 6.26 Å². The lowest BCUT2D eigenvalue weighted by Gasteiger charge is -2.30. The standard InChI is InChI=1S/C11H22N2O2S2/c1-5-11(6-2,9(12)16)10(14)13-8(3)7-17(4)15/h8H,5-7H2,1-4H3,(H2,12,16)(H,13,14). The molecule has 0 aromatic heterocycles. The van der Waals surface area contributed by atoms with Gasteiger partial charge in [0, 0.05) is 28.9 Å². The Hall–Kier alpha value is -0.490. The van der Waals surface area contributed by atoms with Gasteiger partial charge in [-0.3, -0.25) is 9.00 Å². The normalized spacial score (nSPS) is 15.1. The molecule has 0 spiro atoms. The molecule has 100 valence electrons. The molecule has 0 saturated carbocycles. The van der Waals surface area contributed by atoms with E-state index in [2.05, 4.69) is 5.32 Å². The number of nitrogens with two attached hydrogens (primary N) is 1. The van der Waals surface area contributed by atoms with Crippen LogP contribution in [-0.4, -0.2) is 33.2 Å². The van der Waals surface area contributed by atoms with Crippen molar-refractivity contribution in [1.82, 2.24) is 5.32 Å². The second-order valence-electron chi connectivity index (χ2n) is 4.27. The van der Waals surface area contributed by atoms with Crippen molar-refractivity contribution in [3.05, 3.63) is 0 Å². The van der Waals surface area contributed by atoms with Gasteiger partial charge in [-0.1, -0.05) is 26.1 Å². The summed E-state index contributed by atoms with van der Waals surface area (Å²) in [5.74, 6) is 0.278. The van der Waals surface area contributed by atoms with Crippen LogP contribution in [0.25, 0.3) is 0 Å². The van der Waals surface area contributed by atoms with Gasteiger partial charge < -0.3 is 11.1 Å². The monoisotopic (exact) mass is 278 g/mol. The highest BCUT2D eigenvalue weighted by molar-refractivity contribution is 7.84. The fourth-order valence-electron chi connectivity index (χ4n) is 1.79. The van der Waals surface area contributed by atoms with Crippen LogP contribution >= 0.6 is 12.2 Å². The number of nitrogens with one attached hydrogen (secondary N) is 1. The summed E-state index contributed by atoms with van der Waals surface area (Å²) < 4.78 is 11.1. The summed E-state index contributed by atoms with van der Waals surface area (Å²) in [4.78, 5) is 12.4. The van der Waals surface area contributed by atoms with E-state index < -0.39 is 16.2 Å². The summed E-state index contributed by atoms with van der Waals surface area (Å²) in [6.45, 7) is 5.62. The smallest absolute Gasteiger partial charge is 0.233 e. The molecule has 0 aliphatic heterocycles. The summed E-state index contributed by atoms with van der Waals surface area (Å²) in [5, 5.41) is 2.84. The molecule has 6 heteroatoms. The molecule has 17 heavy (non-hydrogen) atoms. The van der Waals surface area contributed by atoms with Crippen molar-refractivity contribution in [3.63, 3.8) is 0 Å². The minimum absolute atomic E-state index is 0.139. The lowest BCUT2D eigenvalue weighted by atomic mass is 9.81. The highest BCUT2D eigenvalue weighted by Gasteiger charge is 2.38. The van der Waals surface area contributed by atoms with Crippen molar-refractivity contribution < 1.29 is 9.00 Å². The first-order valence-corrected chi connectivity index (χ1v) is 7.84. The van der Waals surface area contributed by atoms with E-state index >= 15 is 0 Å². The van der Waals surface area contributed by atoms with Crippen LogP contribution in [0, 0.1) is 5.41 Å². The van der Waals surface area contributed by atoms with Gasteiger partial charge in [-0.2, -0.15) is 0 Å². The van der Waals surface area contributed by atoms with Crippen LogP contribution in [0.4, 0.5) is 0 Å². The Morgan fingerprint density at radius 1 is 1.47 bits per heavy atom. The van der Waals surface area contributed by atoms with E-state index in [1.807, 2.05) is 20.8 Å². The molecule has 0 fully saturated rings. The summed E-state index contributed by atoms with van der Waals surface area (Å²) in [6, 6.07) is -0.139. The highest BCUT2D eigenvalue weighted by atomic mass is 32.2. The molecule has 2 unspecified atom stereocenters. The lowest BCUT2D eigenvalue weighted by Crippen LogP contribution is -2.51. The number of hydrogen-bond acceptors (Lipinski definition) is 3. The Labute approximate surface area is 111 Å². The molecule has 0 bridgehead atoms. The predicted molar refractivity (Wildman–Crippen MR) is 76.3 cm³/mol. The minimum Gasteiger partial charge on any atom is -0.392 e. The van der Waals surface area contributed by atoms with Gasteiger partial charge in [-0.05, 0) is 19.8 Å². The zero-order valence-corrected chi connectivity index (χ0v) is 12.5. The Bertz CT molecular complexity index is 315. The first kappa shape index (κ1) is 16.5. The number of carbonyl (C=O) groups is 1. The van der Waals surface area contributed by atoms with E-state index in [4.69, 9.17) is 18.0 Å². The van der Waals surface area contributed by atoms with Crippen molar-refractivity contribution in [3.8, 4) is 0 Å². The predicted octanol–water partition coefficient (Wildman–Crippen LogP) is 0.962. The van der Waals surface area contributed by atoms with E-state index in [1.165, 1.54) is 0 Å². The lowest BCUT2D eigenvalue weighted by molar-refractivity contribution is -0.128. The third kappa shape index (κ3) is 4.35. The second-order valence-corrected chi connectivity index (χ2v) is 6.19. The molecule has 0 saturated heterocycles. The Morgan fingerprint density at radius 3 is 2.24 bits per heavy atom. The Morgan fingerprint density at radius 2 is 1.94 bits per heavy atom. The molecule has 1 amide bonds. The van der Waals surface area contributed by atoms with Gasteiger partial charge >= 0.3 is 0 Å². The maximum atomic E-state index is 12.2. The van der Waals surface area contributed by atoms with Crippen molar-refractivity contribution in [2.75, 3.05) is 12.0 Å². The van der Waals surface area contributed by atoms with Gasteiger partial charge in [0.25, 0.3) is 0 Å². The zero-order chi connectivity index (χ0) is 13.6. The fraction of sp³-hybridized carbons (Fsp3) is 0.818. The van der Waals surface area contributed by atoms with Crippen LogP contribution in [0.3, 0.4) is 0 Å². The van der Waals surface area contributed by atoms with Crippen LogP contribution in [0.5, 0.6) is 0 Å². The SMILES string of the molecule is CCC(CC)(C(=O)NC(C)CS(C)=O)C(N)=S. The molecule has 3 N–H and O–H groups in total. The molecule has 2 atom stereocenters. The largest absolute Gasteiger partial charge is 0.392 e. The van der Waals surface area contributed by atoms with E-state index in [9.17, 15) is 9.00 Å². The molecular weight excluding hydrogens is 256 g/mol. The molecule has 0 radical (unpaired) electrons. The number of thiocarbonyl (C=S) groups is 1. The third-order valence-corrected chi connectivity index (χ3v) is 4.34. The van der Waals surface area contributed by atoms with Gasteiger partial charge in [-0.25, -0.2) is 0 Å². The number of rotatable bonds is 7. The topological polar surface area (TPSA) is 72.2 Å². The van der Waals surface area contributed by atoms with Crippen molar-refractivity contribution in [2.24, 2.45) is 11.1 Å². The van der Waals surface area contributed by atoms with Gasteiger partial charge in [0.15, 0.2) is 0 Å². The third-order valence-electron chi connectivity index (χ3n) is 2.98. The first-order chi connectivity index (χ1) is 7.80. The molecule has 0 aromatic rings. The van der Waals surface area contributed by atoms with Crippen molar-refractivity contribution in [2.45, 2.75) is 39.7 Å². The average Bonchev–Trinajstić information content (AvgIpc) is 2.17. The van der Waals surface area contributed by atoms with Gasteiger partial charge in [0.1, 0.15) is 0 Å². The highest BCUT2D eigenvalue weighted by Crippen LogP contribution is 2.27. The van der Waals surface area contributed by atoms with E-state index in [-0.39, 0.29) is 16.9 Å². The average molecular weight is 278 g/mol. The number of amides is 1. The number of carbonyl (C=O) groups excluding carboxylic acids is 1.